The normalized spacial score (nSPS) is 20.6. The number of rotatable bonds is 1. The molecule has 0 radical (unpaired) electrons. The van der Waals surface area contributed by atoms with Gasteiger partial charge < -0.3 is 16.2 Å². The van der Waals surface area contributed by atoms with Crippen molar-refractivity contribution in [3.8, 4) is 0 Å². The molecule has 0 bridgehead atoms. The maximum absolute atomic E-state index is 9.10. The fourth-order valence-electron chi connectivity index (χ4n) is 1.78. The first-order valence-electron chi connectivity index (χ1n) is 4.55. The molecule has 0 spiro atoms. The average molecular weight is 178 g/mol. The lowest BCUT2D eigenvalue weighted by Gasteiger charge is -2.25. The Hall–Kier alpha value is -1.06. The highest BCUT2D eigenvalue weighted by molar-refractivity contribution is 5.60. The summed E-state index contributed by atoms with van der Waals surface area (Å²) in [7, 11) is 0. The molecule has 1 aromatic carbocycles. The number of anilines is 1. The van der Waals surface area contributed by atoms with E-state index in [4.69, 9.17) is 10.8 Å². The Morgan fingerprint density at radius 1 is 1.54 bits per heavy atom. The van der Waals surface area contributed by atoms with Crippen LogP contribution in [0.25, 0.3) is 0 Å². The third-order valence-corrected chi connectivity index (χ3v) is 2.51. The van der Waals surface area contributed by atoms with Crippen molar-refractivity contribution in [2.75, 3.05) is 11.9 Å². The van der Waals surface area contributed by atoms with Crippen molar-refractivity contribution in [2.24, 2.45) is 5.73 Å². The van der Waals surface area contributed by atoms with Gasteiger partial charge in [-0.2, -0.15) is 0 Å². The smallest absolute Gasteiger partial charge is 0.0702 e. The molecule has 2 rings (SSSR count). The van der Waals surface area contributed by atoms with E-state index in [1.165, 1.54) is 0 Å². The van der Waals surface area contributed by atoms with Gasteiger partial charge in [0.05, 0.1) is 6.61 Å². The van der Waals surface area contributed by atoms with E-state index < -0.39 is 0 Å². The fourth-order valence-corrected chi connectivity index (χ4v) is 1.78. The minimum absolute atomic E-state index is 0.0723. The quantitative estimate of drug-likeness (QED) is 0.601. The summed E-state index contributed by atoms with van der Waals surface area (Å²) in [6.07, 6.45) is 0.960. The van der Waals surface area contributed by atoms with Crippen LogP contribution in [0.4, 0.5) is 5.69 Å². The monoisotopic (exact) mass is 178 g/mol. The number of hydrogen-bond donors (Lipinski definition) is 3. The number of aliphatic hydroxyl groups is 1. The van der Waals surface area contributed by atoms with Gasteiger partial charge in [0.2, 0.25) is 0 Å². The van der Waals surface area contributed by atoms with Crippen molar-refractivity contribution in [3.63, 3.8) is 0 Å². The second-order valence-corrected chi connectivity index (χ2v) is 3.36. The van der Waals surface area contributed by atoms with E-state index in [1.807, 2.05) is 18.2 Å². The highest BCUT2D eigenvalue weighted by Crippen LogP contribution is 2.30. The number of fused-ring (bicyclic) bond motifs is 1. The van der Waals surface area contributed by atoms with Crippen LogP contribution in [0.2, 0.25) is 0 Å². The molecule has 1 aliphatic heterocycles. The van der Waals surface area contributed by atoms with Crippen LogP contribution in [0.1, 0.15) is 23.6 Å². The minimum Gasteiger partial charge on any atom is -0.392 e. The molecule has 0 saturated heterocycles. The predicted molar refractivity (Wildman–Crippen MR) is 52.4 cm³/mol. The van der Waals surface area contributed by atoms with Crippen LogP contribution in [0.3, 0.4) is 0 Å². The van der Waals surface area contributed by atoms with E-state index in [0.29, 0.717) is 0 Å². The molecule has 0 fully saturated rings. The number of nitrogens with one attached hydrogen (secondary N) is 1. The molecule has 0 unspecified atom stereocenters. The van der Waals surface area contributed by atoms with Crippen LogP contribution < -0.4 is 11.1 Å². The first-order chi connectivity index (χ1) is 6.33. The van der Waals surface area contributed by atoms with Crippen LogP contribution >= 0.6 is 0 Å². The van der Waals surface area contributed by atoms with Gasteiger partial charge in [-0.3, -0.25) is 0 Å². The van der Waals surface area contributed by atoms with Gasteiger partial charge in [0, 0.05) is 23.8 Å². The van der Waals surface area contributed by atoms with E-state index in [0.717, 1.165) is 29.8 Å². The van der Waals surface area contributed by atoms with Gasteiger partial charge >= 0.3 is 0 Å². The molecule has 0 saturated carbocycles. The Kier molecular flexibility index (Phi) is 2.20. The van der Waals surface area contributed by atoms with Crippen molar-refractivity contribution in [1.29, 1.82) is 0 Å². The van der Waals surface area contributed by atoms with Crippen molar-refractivity contribution in [3.05, 3.63) is 29.3 Å². The summed E-state index contributed by atoms with van der Waals surface area (Å²) in [5.41, 5.74) is 9.04. The molecule has 1 heterocycles. The lowest BCUT2D eigenvalue weighted by atomic mass is 9.96. The van der Waals surface area contributed by atoms with Crippen LogP contribution in [0.15, 0.2) is 18.2 Å². The molecule has 0 amide bonds. The van der Waals surface area contributed by atoms with Crippen LogP contribution in [0, 0.1) is 0 Å². The number of para-hydroxylation sites is 1. The van der Waals surface area contributed by atoms with Crippen LogP contribution in [0.5, 0.6) is 0 Å². The molecule has 1 aliphatic rings. The van der Waals surface area contributed by atoms with Crippen molar-refractivity contribution < 1.29 is 5.11 Å². The summed E-state index contributed by atoms with van der Waals surface area (Å²) in [5.74, 6) is 0. The lowest BCUT2D eigenvalue weighted by Crippen LogP contribution is -2.23. The van der Waals surface area contributed by atoms with Crippen molar-refractivity contribution >= 4 is 5.69 Å². The average Bonchev–Trinajstić information content (AvgIpc) is 2.18. The van der Waals surface area contributed by atoms with Crippen molar-refractivity contribution in [2.45, 2.75) is 19.1 Å². The Bertz CT molecular complexity index is 312. The molecule has 1 aromatic rings. The Balaban J connectivity index is 2.48. The van der Waals surface area contributed by atoms with Gasteiger partial charge in [-0.25, -0.2) is 0 Å². The molecule has 3 nitrogen and oxygen atoms in total. The molecule has 1 atom stereocenters. The van der Waals surface area contributed by atoms with E-state index in [1.54, 1.807) is 0 Å². The summed E-state index contributed by atoms with van der Waals surface area (Å²) < 4.78 is 0. The van der Waals surface area contributed by atoms with Gasteiger partial charge in [0.25, 0.3) is 0 Å². The van der Waals surface area contributed by atoms with Gasteiger partial charge in [-0.05, 0) is 12.0 Å². The Morgan fingerprint density at radius 2 is 2.38 bits per heavy atom. The van der Waals surface area contributed by atoms with Gasteiger partial charge in [0.1, 0.15) is 0 Å². The number of benzene rings is 1. The maximum Gasteiger partial charge on any atom is 0.0702 e. The second kappa shape index (κ2) is 3.36. The van der Waals surface area contributed by atoms with E-state index in [9.17, 15) is 0 Å². The lowest BCUT2D eigenvalue weighted by molar-refractivity contribution is 0.282. The first-order valence-corrected chi connectivity index (χ1v) is 4.55. The number of hydrogen-bond acceptors (Lipinski definition) is 3. The highest BCUT2D eigenvalue weighted by Gasteiger charge is 2.17. The zero-order chi connectivity index (χ0) is 9.26. The van der Waals surface area contributed by atoms with Gasteiger partial charge in [0.15, 0.2) is 0 Å². The van der Waals surface area contributed by atoms with E-state index in [2.05, 4.69) is 5.32 Å². The van der Waals surface area contributed by atoms with Crippen LogP contribution in [-0.2, 0) is 6.61 Å². The molecular weight excluding hydrogens is 164 g/mol. The maximum atomic E-state index is 9.10. The molecule has 70 valence electrons. The zero-order valence-corrected chi connectivity index (χ0v) is 7.46. The standard InChI is InChI=1S/C10H14N2O/c11-9-4-5-12-10-7(6-13)2-1-3-8(9)10/h1-3,9,12-13H,4-6,11H2/t9-/m1/s1. The summed E-state index contributed by atoms with van der Waals surface area (Å²) in [4.78, 5) is 0. The largest absolute Gasteiger partial charge is 0.392 e. The molecule has 13 heavy (non-hydrogen) atoms. The third kappa shape index (κ3) is 1.41. The highest BCUT2D eigenvalue weighted by atomic mass is 16.3. The minimum atomic E-state index is 0.0723. The molecule has 0 aliphatic carbocycles. The topological polar surface area (TPSA) is 58.3 Å². The second-order valence-electron chi connectivity index (χ2n) is 3.36. The predicted octanol–water partition coefficient (Wildman–Crippen LogP) is 0.994. The molecular formula is C10H14N2O. The SMILES string of the molecule is N[C@@H]1CCNc2c(CO)cccc21. The van der Waals surface area contributed by atoms with E-state index in [-0.39, 0.29) is 12.6 Å². The number of aliphatic hydroxyl groups excluding tert-OH is 1. The van der Waals surface area contributed by atoms with E-state index >= 15 is 0 Å². The summed E-state index contributed by atoms with van der Waals surface area (Å²) >= 11 is 0. The van der Waals surface area contributed by atoms with Crippen molar-refractivity contribution in [1.82, 2.24) is 0 Å². The third-order valence-electron chi connectivity index (χ3n) is 2.51. The molecule has 3 heteroatoms. The zero-order valence-electron chi connectivity index (χ0n) is 7.46. The van der Waals surface area contributed by atoms with Crippen LogP contribution in [-0.4, -0.2) is 11.7 Å². The summed E-state index contributed by atoms with van der Waals surface area (Å²) in [5, 5.41) is 12.4. The Morgan fingerprint density at radius 3 is 3.15 bits per heavy atom. The number of nitrogens with two attached hydrogens (primary N) is 1. The molecule has 4 N–H and O–H groups in total. The van der Waals surface area contributed by atoms with Gasteiger partial charge in [-0.15, -0.1) is 0 Å². The Labute approximate surface area is 77.6 Å². The summed E-state index contributed by atoms with van der Waals surface area (Å²) in [6, 6.07) is 6.00. The first kappa shape index (κ1) is 8.53. The molecule has 0 aromatic heterocycles. The summed E-state index contributed by atoms with van der Waals surface area (Å²) in [6.45, 7) is 0.966. The van der Waals surface area contributed by atoms with Gasteiger partial charge in [-0.1, -0.05) is 18.2 Å². The fraction of sp³-hybridized carbons (Fsp3) is 0.400.